The van der Waals surface area contributed by atoms with Crippen molar-refractivity contribution < 1.29 is 28.8 Å². The molecule has 2 aromatic rings. The Morgan fingerprint density at radius 1 is 0.935 bits per heavy atom. The molecule has 3 rings (SSSR count). The monoisotopic (exact) mass is 429 g/mol. The second-order valence-corrected chi connectivity index (χ2v) is 8.00. The predicted octanol–water partition coefficient (Wildman–Crippen LogP) is -0.299. The Labute approximate surface area is 184 Å². The van der Waals surface area contributed by atoms with Crippen LogP contribution in [0.4, 0.5) is 0 Å². The predicted molar refractivity (Wildman–Crippen MR) is 119 cm³/mol. The molecule has 168 valence electrons. The van der Waals surface area contributed by atoms with Gasteiger partial charge < -0.3 is 29.3 Å². The zero-order valence-electron chi connectivity index (χ0n) is 19.0. The topological polar surface area (TPSA) is 65.7 Å². The van der Waals surface area contributed by atoms with E-state index in [0.717, 1.165) is 49.6 Å². The first-order valence-corrected chi connectivity index (χ1v) is 10.8. The van der Waals surface area contributed by atoms with Crippen LogP contribution in [-0.2, 0) is 17.9 Å². The molecule has 1 heterocycles. The number of carbonyl (C=O) groups excluding carboxylic acids is 1. The van der Waals surface area contributed by atoms with Crippen LogP contribution in [0.25, 0.3) is 0 Å². The molecule has 0 saturated carbocycles. The number of hydrogen-bond acceptors (Lipinski definition) is 4. The molecule has 0 spiro atoms. The van der Waals surface area contributed by atoms with Crippen LogP contribution in [0.5, 0.6) is 17.2 Å². The molecule has 1 aliphatic rings. The molecule has 1 amide bonds. The highest BCUT2D eigenvalue weighted by atomic mass is 16.5. The van der Waals surface area contributed by atoms with Gasteiger partial charge in [0.1, 0.15) is 32.7 Å². The minimum absolute atomic E-state index is 0.0547. The molecule has 0 radical (unpaired) electrons. The third-order valence-electron chi connectivity index (χ3n) is 6.14. The molecule has 2 aromatic carbocycles. The molecule has 0 unspecified atom stereocenters. The van der Waals surface area contributed by atoms with Crippen LogP contribution in [0.3, 0.4) is 0 Å². The van der Waals surface area contributed by atoms with Gasteiger partial charge in [-0.2, -0.15) is 0 Å². The fraction of sp³-hybridized carbons (Fsp3) is 0.458. The first-order chi connectivity index (χ1) is 15.1. The van der Waals surface area contributed by atoms with Gasteiger partial charge in [0, 0.05) is 6.54 Å². The Kier molecular flexibility index (Phi) is 8.14. The first kappa shape index (κ1) is 22.9. The van der Waals surface area contributed by atoms with Crippen molar-refractivity contribution in [1.82, 2.24) is 5.32 Å². The zero-order chi connectivity index (χ0) is 22.2. The molecular weight excluding hydrogens is 394 g/mol. The summed E-state index contributed by atoms with van der Waals surface area (Å²) in [6.45, 7) is 7.39. The van der Waals surface area contributed by atoms with Crippen molar-refractivity contribution in [1.29, 1.82) is 0 Å². The van der Waals surface area contributed by atoms with Crippen molar-refractivity contribution in [3.63, 3.8) is 0 Å². The Hall–Kier alpha value is -2.77. The van der Waals surface area contributed by atoms with Crippen molar-refractivity contribution in [2.45, 2.75) is 26.1 Å². The number of ether oxygens (including phenoxy) is 3. The zero-order valence-corrected chi connectivity index (χ0v) is 19.0. The largest absolute Gasteiger partial charge is 0.493 e. The van der Waals surface area contributed by atoms with Gasteiger partial charge in [-0.05, 0) is 24.6 Å². The van der Waals surface area contributed by atoms with E-state index in [-0.39, 0.29) is 11.9 Å². The summed E-state index contributed by atoms with van der Waals surface area (Å²) in [4.78, 5) is 15.4. The highest BCUT2D eigenvalue weighted by molar-refractivity contribution is 5.79. The highest BCUT2D eigenvalue weighted by Crippen LogP contribution is 2.39. The van der Waals surface area contributed by atoms with Gasteiger partial charge in [0.25, 0.3) is 5.91 Å². The number of nitrogens with one attached hydrogen (secondary N) is 3. The molecule has 31 heavy (non-hydrogen) atoms. The van der Waals surface area contributed by atoms with Crippen LogP contribution in [0.1, 0.15) is 18.1 Å². The molecular formula is C24H35N3O4+2. The van der Waals surface area contributed by atoms with Crippen molar-refractivity contribution in [2.24, 2.45) is 0 Å². The van der Waals surface area contributed by atoms with Crippen LogP contribution < -0.4 is 29.3 Å². The lowest BCUT2D eigenvalue weighted by atomic mass is 10.1. The van der Waals surface area contributed by atoms with E-state index in [4.69, 9.17) is 14.2 Å². The Morgan fingerprint density at radius 3 is 2.23 bits per heavy atom. The van der Waals surface area contributed by atoms with Crippen molar-refractivity contribution >= 4 is 5.91 Å². The summed E-state index contributed by atoms with van der Waals surface area (Å²) >= 11 is 0. The standard InChI is InChI=1S/C24H33N3O4/c1-18(24(28)25-16-19-8-6-5-7-9-19)27-14-12-26(13-15-27)17-20-10-11-21(29-2)23(31-4)22(20)30-3/h5-11,18H,12-17H2,1-4H3,(H,25,28)/p+2/t18-/m0/s1. The highest BCUT2D eigenvalue weighted by Gasteiger charge is 2.31. The second-order valence-electron chi connectivity index (χ2n) is 8.00. The lowest BCUT2D eigenvalue weighted by Crippen LogP contribution is -3.29. The van der Waals surface area contributed by atoms with Gasteiger partial charge in [0.15, 0.2) is 17.5 Å². The number of piperazine rings is 1. The number of amides is 1. The van der Waals surface area contributed by atoms with Gasteiger partial charge in [-0.15, -0.1) is 0 Å². The molecule has 7 heteroatoms. The van der Waals surface area contributed by atoms with E-state index < -0.39 is 0 Å². The number of carbonyl (C=O) groups is 1. The average molecular weight is 430 g/mol. The van der Waals surface area contributed by atoms with E-state index in [9.17, 15) is 4.79 Å². The molecule has 1 fully saturated rings. The van der Waals surface area contributed by atoms with Gasteiger partial charge in [0.05, 0.1) is 26.9 Å². The Morgan fingerprint density at radius 2 is 1.61 bits per heavy atom. The molecule has 3 N–H and O–H groups in total. The summed E-state index contributed by atoms with van der Waals surface area (Å²) in [7, 11) is 4.92. The summed E-state index contributed by atoms with van der Waals surface area (Å²) in [6.07, 6.45) is 0. The third kappa shape index (κ3) is 5.68. The normalized spacial score (nSPS) is 19.4. The quantitative estimate of drug-likeness (QED) is 0.512. The summed E-state index contributed by atoms with van der Waals surface area (Å²) < 4.78 is 16.5. The number of quaternary nitrogens is 2. The van der Waals surface area contributed by atoms with E-state index in [1.165, 1.54) is 9.80 Å². The molecule has 0 aromatic heterocycles. The first-order valence-electron chi connectivity index (χ1n) is 10.8. The average Bonchev–Trinajstić information content (AvgIpc) is 2.82. The number of benzene rings is 2. The lowest BCUT2D eigenvalue weighted by molar-refractivity contribution is -1.02. The fourth-order valence-corrected chi connectivity index (χ4v) is 4.23. The maximum Gasteiger partial charge on any atom is 0.278 e. The summed E-state index contributed by atoms with van der Waals surface area (Å²) in [5.74, 6) is 2.15. The van der Waals surface area contributed by atoms with Gasteiger partial charge in [-0.25, -0.2) is 0 Å². The summed E-state index contributed by atoms with van der Waals surface area (Å²) in [5, 5.41) is 3.08. The summed E-state index contributed by atoms with van der Waals surface area (Å²) in [6, 6.07) is 13.9. The fourth-order valence-electron chi connectivity index (χ4n) is 4.23. The molecule has 1 saturated heterocycles. The molecule has 7 nitrogen and oxygen atoms in total. The number of methoxy groups -OCH3 is 3. The SMILES string of the molecule is COc1ccc(C[NH+]2CC[NH+]([C@@H](C)C(=O)NCc3ccccc3)CC2)c(OC)c1OC. The van der Waals surface area contributed by atoms with E-state index in [1.807, 2.05) is 49.4 Å². The van der Waals surface area contributed by atoms with Crippen LogP contribution in [0, 0.1) is 0 Å². The Bertz CT molecular complexity index is 851. The van der Waals surface area contributed by atoms with Crippen LogP contribution in [0.15, 0.2) is 42.5 Å². The van der Waals surface area contributed by atoms with Crippen LogP contribution in [0.2, 0.25) is 0 Å². The van der Waals surface area contributed by atoms with Crippen LogP contribution in [-0.4, -0.2) is 59.5 Å². The lowest BCUT2D eigenvalue weighted by Gasteiger charge is -2.33. The second kappa shape index (κ2) is 11.0. The van der Waals surface area contributed by atoms with E-state index in [0.29, 0.717) is 18.0 Å². The van der Waals surface area contributed by atoms with Crippen molar-refractivity contribution in [2.75, 3.05) is 47.5 Å². The van der Waals surface area contributed by atoms with Crippen molar-refractivity contribution in [3.8, 4) is 17.2 Å². The molecule has 1 atom stereocenters. The minimum atomic E-state index is -0.0547. The van der Waals surface area contributed by atoms with Crippen LogP contribution >= 0.6 is 0 Å². The molecule has 1 aliphatic heterocycles. The third-order valence-corrected chi connectivity index (χ3v) is 6.14. The Balaban J connectivity index is 1.53. The smallest absolute Gasteiger partial charge is 0.278 e. The maximum absolute atomic E-state index is 12.6. The summed E-state index contributed by atoms with van der Waals surface area (Å²) in [5.41, 5.74) is 2.23. The van der Waals surface area contributed by atoms with Crippen molar-refractivity contribution in [3.05, 3.63) is 53.6 Å². The van der Waals surface area contributed by atoms with E-state index >= 15 is 0 Å². The molecule has 0 bridgehead atoms. The molecule has 0 aliphatic carbocycles. The maximum atomic E-state index is 12.6. The number of rotatable bonds is 9. The van der Waals surface area contributed by atoms with Gasteiger partial charge in [0.2, 0.25) is 5.75 Å². The minimum Gasteiger partial charge on any atom is -0.493 e. The van der Waals surface area contributed by atoms with Gasteiger partial charge in [-0.1, -0.05) is 30.3 Å². The van der Waals surface area contributed by atoms with E-state index in [2.05, 4.69) is 5.32 Å². The number of hydrogen-bond donors (Lipinski definition) is 3. The van der Waals surface area contributed by atoms with E-state index in [1.54, 1.807) is 21.3 Å². The van der Waals surface area contributed by atoms with Gasteiger partial charge >= 0.3 is 0 Å². The van der Waals surface area contributed by atoms with Gasteiger partial charge in [-0.3, -0.25) is 4.79 Å².